The molecule has 0 aliphatic carbocycles. The topological polar surface area (TPSA) is 21.3 Å². The highest BCUT2D eigenvalue weighted by Gasteiger charge is 2.22. The maximum Gasteiger partial charge on any atom is 0.142 e. The Morgan fingerprint density at radius 3 is 2.47 bits per heavy atom. The molecule has 1 rings (SSSR count). The van der Waals surface area contributed by atoms with Crippen LogP contribution >= 0.6 is 11.6 Å². The van der Waals surface area contributed by atoms with Crippen LogP contribution in [-0.2, 0) is 4.74 Å². The number of benzene rings is 1. The number of ether oxygens (including phenoxy) is 1. The van der Waals surface area contributed by atoms with Gasteiger partial charge in [0.05, 0.1) is 10.6 Å². The van der Waals surface area contributed by atoms with Crippen molar-refractivity contribution in [3.63, 3.8) is 0 Å². The number of methoxy groups -OCH3 is 1. The Bertz CT molecular complexity index is 438. The second-order valence-electron chi connectivity index (χ2n) is 5.13. The molecule has 0 saturated carbocycles. The maximum absolute atomic E-state index is 13.8. The minimum atomic E-state index is -0.607. The van der Waals surface area contributed by atoms with E-state index in [9.17, 15) is 8.78 Å². The molecule has 0 aliphatic rings. The summed E-state index contributed by atoms with van der Waals surface area (Å²) in [5, 5.41) is 2.80. The van der Waals surface area contributed by atoms with Gasteiger partial charge in [0.15, 0.2) is 0 Å². The van der Waals surface area contributed by atoms with E-state index < -0.39 is 11.6 Å². The summed E-state index contributed by atoms with van der Waals surface area (Å²) in [6.45, 7) is 3.91. The van der Waals surface area contributed by atoms with Crippen LogP contribution in [-0.4, -0.2) is 19.8 Å². The van der Waals surface area contributed by atoms with Gasteiger partial charge in [0.25, 0.3) is 0 Å². The van der Waals surface area contributed by atoms with Gasteiger partial charge in [0, 0.05) is 18.7 Å². The van der Waals surface area contributed by atoms with E-state index in [1.165, 1.54) is 0 Å². The Balaban J connectivity index is 2.89. The molecule has 1 N–H and O–H groups in total. The van der Waals surface area contributed by atoms with Crippen molar-refractivity contribution in [3.8, 4) is 0 Å². The van der Waals surface area contributed by atoms with E-state index in [4.69, 9.17) is 16.3 Å². The number of rotatable bonds is 6. The first-order valence-corrected chi connectivity index (χ1v) is 6.55. The third-order valence-electron chi connectivity index (χ3n) is 3.35. The van der Waals surface area contributed by atoms with E-state index in [0.29, 0.717) is 6.42 Å². The van der Waals surface area contributed by atoms with Gasteiger partial charge in [-0.25, -0.2) is 8.78 Å². The van der Waals surface area contributed by atoms with Crippen molar-refractivity contribution in [2.24, 2.45) is 0 Å². The van der Waals surface area contributed by atoms with Crippen LogP contribution in [0.4, 0.5) is 8.78 Å². The van der Waals surface area contributed by atoms with Crippen molar-refractivity contribution >= 4 is 11.6 Å². The lowest BCUT2D eigenvalue weighted by atomic mass is 9.94. The fourth-order valence-electron chi connectivity index (χ4n) is 1.85. The molecular formula is C14H20ClF2NO. The molecule has 108 valence electrons. The Kier molecular flexibility index (Phi) is 5.71. The van der Waals surface area contributed by atoms with E-state index in [2.05, 4.69) is 5.32 Å². The number of halogens is 3. The van der Waals surface area contributed by atoms with Gasteiger partial charge >= 0.3 is 0 Å². The van der Waals surface area contributed by atoms with Gasteiger partial charge in [-0.15, -0.1) is 0 Å². The highest BCUT2D eigenvalue weighted by molar-refractivity contribution is 6.30. The van der Waals surface area contributed by atoms with Crippen LogP contribution in [0.5, 0.6) is 0 Å². The van der Waals surface area contributed by atoms with Crippen LogP contribution in [0.1, 0.15) is 38.3 Å². The minimum Gasteiger partial charge on any atom is -0.379 e. The second-order valence-corrected chi connectivity index (χ2v) is 5.54. The lowest BCUT2D eigenvalue weighted by molar-refractivity contribution is 0.0117. The minimum absolute atomic E-state index is 0.201. The molecule has 0 aromatic heterocycles. The fourth-order valence-corrected chi connectivity index (χ4v) is 2.00. The molecule has 0 aliphatic heterocycles. The van der Waals surface area contributed by atoms with Crippen LogP contribution in [0, 0.1) is 11.6 Å². The molecule has 0 fully saturated rings. The molecule has 1 aromatic rings. The van der Waals surface area contributed by atoms with Gasteiger partial charge in [-0.3, -0.25) is 0 Å². The fraction of sp³-hybridized carbons (Fsp3) is 0.571. The molecule has 1 atom stereocenters. The summed E-state index contributed by atoms with van der Waals surface area (Å²) in [5.41, 5.74) is -0.00685. The van der Waals surface area contributed by atoms with Crippen LogP contribution in [0.2, 0.25) is 5.02 Å². The van der Waals surface area contributed by atoms with Gasteiger partial charge in [-0.1, -0.05) is 11.6 Å². The average molecular weight is 292 g/mol. The first kappa shape index (κ1) is 16.3. The van der Waals surface area contributed by atoms with Crippen molar-refractivity contribution in [2.75, 3.05) is 14.2 Å². The molecule has 1 aromatic carbocycles. The molecule has 5 heteroatoms. The zero-order valence-electron chi connectivity index (χ0n) is 11.7. The molecule has 0 saturated heterocycles. The first-order chi connectivity index (χ1) is 8.80. The Morgan fingerprint density at radius 2 is 1.95 bits per heavy atom. The predicted molar refractivity (Wildman–Crippen MR) is 73.5 cm³/mol. The van der Waals surface area contributed by atoms with Crippen molar-refractivity contribution in [1.29, 1.82) is 0 Å². The Morgan fingerprint density at radius 1 is 1.32 bits per heavy atom. The third kappa shape index (κ3) is 4.41. The molecule has 0 radical (unpaired) electrons. The average Bonchev–Trinajstić information content (AvgIpc) is 2.36. The van der Waals surface area contributed by atoms with Gasteiger partial charge < -0.3 is 10.1 Å². The van der Waals surface area contributed by atoms with Crippen LogP contribution in [0.25, 0.3) is 0 Å². The molecule has 1 unspecified atom stereocenters. The van der Waals surface area contributed by atoms with Gasteiger partial charge in [0.1, 0.15) is 11.6 Å². The zero-order valence-corrected chi connectivity index (χ0v) is 12.4. The largest absolute Gasteiger partial charge is 0.379 e. The Hall–Kier alpha value is -0.710. The van der Waals surface area contributed by atoms with Crippen LogP contribution in [0.3, 0.4) is 0 Å². The number of hydrogen-bond acceptors (Lipinski definition) is 2. The molecule has 0 bridgehead atoms. The second kappa shape index (κ2) is 6.64. The van der Waals surface area contributed by atoms with E-state index in [1.54, 1.807) is 14.2 Å². The van der Waals surface area contributed by atoms with E-state index in [-0.39, 0.29) is 22.2 Å². The van der Waals surface area contributed by atoms with Gasteiger partial charge in [-0.2, -0.15) is 0 Å². The van der Waals surface area contributed by atoms with Gasteiger partial charge in [-0.05, 0) is 45.9 Å². The van der Waals surface area contributed by atoms with Crippen molar-refractivity contribution < 1.29 is 13.5 Å². The van der Waals surface area contributed by atoms with Crippen LogP contribution < -0.4 is 5.32 Å². The smallest absolute Gasteiger partial charge is 0.142 e. The lowest BCUT2D eigenvalue weighted by Gasteiger charge is -2.26. The van der Waals surface area contributed by atoms with E-state index >= 15 is 0 Å². The van der Waals surface area contributed by atoms with Crippen molar-refractivity contribution in [2.45, 2.75) is 38.3 Å². The Labute approximate surface area is 118 Å². The van der Waals surface area contributed by atoms with Crippen molar-refractivity contribution in [3.05, 3.63) is 34.4 Å². The monoisotopic (exact) mass is 291 g/mol. The zero-order chi connectivity index (χ0) is 14.6. The first-order valence-electron chi connectivity index (χ1n) is 6.17. The SMILES string of the molecule is CNC(CCC(C)(C)OC)c1cc(F)c(Cl)cc1F. The van der Waals surface area contributed by atoms with Crippen LogP contribution in [0.15, 0.2) is 12.1 Å². The van der Waals surface area contributed by atoms with E-state index in [0.717, 1.165) is 18.6 Å². The lowest BCUT2D eigenvalue weighted by Crippen LogP contribution is -2.26. The van der Waals surface area contributed by atoms with E-state index in [1.807, 2.05) is 13.8 Å². The maximum atomic E-state index is 13.8. The summed E-state index contributed by atoms with van der Waals surface area (Å²) in [4.78, 5) is 0. The molecular weight excluding hydrogens is 272 g/mol. The number of hydrogen-bond donors (Lipinski definition) is 1. The summed E-state index contributed by atoms with van der Waals surface area (Å²) < 4.78 is 32.6. The molecule has 0 spiro atoms. The quantitative estimate of drug-likeness (QED) is 0.797. The summed E-state index contributed by atoms with van der Waals surface area (Å²) in [5.74, 6) is -1.11. The highest BCUT2D eigenvalue weighted by Crippen LogP contribution is 2.28. The molecule has 0 heterocycles. The molecule has 2 nitrogen and oxygen atoms in total. The summed E-state index contributed by atoms with van der Waals surface area (Å²) in [6.07, 6.45) is 1.36. The van der Waals surface area contributed by atoms with Crippen molar-refractivity contribution in [1.82, 2.24) is 5.32 Å². The summed E-state index contributed by atoms with van der Waals surface area (Å²) in [6, 6.07) is 1.89. The molecule has 0 amide bonds. The number of nitrogens with one attached hydrogen (secondary N) is 1. The summed E-state index contributed by atoms with van der Waals surface area (Å²) >= 11 is 5.55. The normalized spacial score (nSPS) is 13.6. The highest BCUT2D eigenvalue weighted by atomic mass is 35.5. The van der Waals surface area contributed by atoms with Gasteiger partial charge in [0.2, 0.25) is 0 Å². The summed E-state index contributed by atoms with van der Waals surface area (Å²) in [7, 11) is 3.35. The molecule has 19 heavy (non-hydrogen) atoms. The third-order valence-corrected chi connectivity index (χ3v) is 3.64. The predicted octanol–water partition coefficient (Wildman–Crippen LogP) is 4.08. The standard InChI is InChI=1S/C14H20ClF2NO/c1-14(2,19-4)6-5-13(18-3)9-7-12(17)10(15)8-11(9)16/h7-8,13,18H,5-6H2,1-4H3.